The Morgan fingerprint density at radius 2 is 2.08 bits per heavy atom. The summed E-state index contributed by atoms with van der Waals surface area (Å²) in [5.41, 5.74) is 5.26. The van der Waals surface area contributed by atoms with Gasteiger partial charge in [-0.05, 0) is 42.3 Å². The van der Waals surface area contributed by atoms with Gasteiger partial charge in [-0.1, -0.05) is 18.3 Å². The minimum absolute atomic E-state index is 0.872. The fourth-order valence-corrected chi connectivity index (χ4v) is 3.75. The second kappa shape index (κ2) is 5.79. The molecule has 0 unspecified atom stereocenters. The highest BCUT2D eigenvalue weighted by Crippen LogP contribution is 2.33. The fourth-order valence-electron chi connectivity index (χ4n) is 2.87. The van der Waals surface area contributed by atoms with Crippen LogP contribution in [0.15, 0.2) is 36.7 Å². The summed E-state index contributed by atoms with van der Waals surface area (Å²) >= 11 is 1.64. The van der Waals surface area contributed by atoms with Crippen molar-refractivity contribution in [3.05, 3.63) is 42.2 Å². The molecule has 4 rings (SSSR count). The van der Waals surface area contributed by atoms with Crippen molar-refractivity contribution in [1.29, 1.82) is 0 Å². The van der Waals surface area contributed by atoms with E-state index in [1.807, 2.05) is 30.1 Å². The minimum atomic E-state index is 0.872. The molecule has 6 heteroatoms. The van der Waals surface area contributed by atoms with E-state index < -0.39 is 0 Å². The Balaban J connectivity index is 1.76. The SMILES string of the molecule is CCc1cc(OC)ccc1Nc1nc2c(ccc3c2ncn3C)s1. The molecule has 0 amide bonds. The van der Waals surface area contributed by atoms with E-state index in [1.54, 1.807) is 18.4 Å². The molecule has 0 spiro atoms. The number of nitrogens with zero attached hydrogens (tertiary/aromatic N) is 3. The van der Waals surface area contributed by atoms with Gasteiger partial charge >= 0.3 is 0 Å². The van der Waals surface area contributed by atoms with Crippen LogP contribution in [0.25, 0.3) is 21.3 Å². The van der Waals surface area contributed by atoms with Crippen molar-refractivity contribution in [3.63, 3.8) is 0 Å². The summed E-state index contributed by atoms with van der Waals surface area (Å²) < 4.78 is 8.46. The number of fused-ring (bicyclic) bond motifs is 3. The Hall–Kier alpha value is -2.60. The Kier molecular flexibility index (Phi) is 3.61. The van der Waals surface area contributed by atoms with Crippen LogP contribution in [0.2, 0.25) is 0 Å². The number of rotatable bonds is 4. The molecule has 5 nitrogen and oxygen atoms in total. The van der Waals surface area contributed by atoms with Crippen molar-refractivity contribution in [2.45, 2.75) is 13.3 Å². The standard InChI is InChI=1S/C18H18N4OS/c1-4-11-9-12(23-3)5-6-13(11)20-18-21-17-15(24-18)8-7-14-16(17)19-10-22(14)2/h5-10H,4H2,1-3H3,(H,20,21). The van der Waals surface area contributed by atoms with Crippen molar-refractivity contribution in [2.24, 2.45) is 7.05 Å². The summed E-state index contributed by atoms with van der Waals surface area (Å²) in [6.07, 6.45) is 2.75. The largest absolute Gasteiger partial charge is 0.497 e. The first kappa shape index (κ1) is 15.0. The van der Waals surface area contributed by atoms with E-state index >= 15 is 0 Å². The van der Waals surface area contributed by atoms with Gasteiger partial charge in [0.2, 0.25) is 0 Å². The Morgan fingerprint density at radius 1 is 1.21 bits per heavy atom. The van der Waals surface area contributed by atoms with E-state index in [9.17, 15) is 0 Å². The number of hydrogen-bond acceptors (Lipinski definition) is 5. The first-order valence-electron chi connectivity index (χ1n) is 7.84. The molecule has 2 aromatic heterocycles. The summed E-state index contributed by atoms with van der Waals surface area (Å²) in [6.45, 7) is 2.13. The summed E-state index contributed by atoms with van der Waals surface area (Å²) in [4.78, 5) is 9.25. The van der Waals surface area contributed by atoms with Crippen LogP contribution in [0.3, 0.4) is 0 Å². The first-order chi connectivity index (χ1) is 11.7. The molecule has 0 radical (unpaired) electrons. The molecular weight excluding hydrogens is 320 g/mol. The smallest absolute Gasteiger partial charge is 0.188 e. The molecule has 122 valence electrons. The number of aromatic nitrogens is 3. The monoisotopic (exact) mass is 338 g/mol. The maximum atomic E-state index is 5.31. The molecule has 0 saturated carbocycles. The lowest BCUT2D eigenvalue weighted by atomic mass is 10.1. The Labute approximate surface area is 143 Å². The second-order valence-electron chi connectivity index (χ2n) is 5.66. The average molecular weight is 338 g/mol. The van der Waals surface area contributed by atoms with E-state index in [2.05, 4.69) is 35.4 Å². The van der Waals surface area contributed by atoms with Crippen LogP contribution in [0.4, 0.5) is 10.8 Å². The van der Waals surface area contributed by atoms with Crippen LogP contribution in [0.1, 0.15) is 12.5 Å². The summed E-state index contributed by atoms with van der Waals surface area (Å²) in [5.74, 6) is 0.872. The zero-order chi connectivity index (χ0) is 16.7. The lowest BCUT2D eigenvalue weighted by molar-refractivity contribution is 0.414. The maximum Gasteiger partial charge on any atom is 0.188 e. The quantitative estimate of drug-likeness (QED) is 0.595. The third-order valence-corrected chi connectivity index (χ3v) is 5.12. The van der Waals surface area contributed by atoms with Crippen LogP contribution in [-0.2, 0) is 13.5 Å². The van der Waals surface area contributed by atoms with E-state index in [0.29, 0.717) is 0 Å². The number of imidazole rings is 1. The number of ether oxygens (including phenoxy) is 1. The van der Waals surface area contributed by atoms with E-state index in [-0.39, 0.29) is 0 Å². The number of anilines is 2. The molecule has 0 fully saturated rings. The molecular formula is C18H18N4OS. The van der Waals surface area contributed by atoms with Gasteiger partial charge in [0.05, 0.1) is 23.7 Å². The zero-order valence-electron chi connectivity index (χ0n) is 13.8. The van der Waals surface area contributed by atoms with Gasteiger partial charge in [0.25, 0.3) is 0 Å². The molecule has 2 aromatic carbocycles. The van der Waals surface area contributed by atoms with Gasteiger partial charge in [-0.2, -0.15) is 0 Å². The molecule has 4 aromatic rings. The molecule has 0 bridgehead atoms. The lowest BCUT2D eigenvalue weighted by Crippen LogP contribution is -1.95. The van der Waals surface area contributed by atoms with Crippen molar-refractivity contribution in [3.8, 4) is 5.75 Å². The summed E-state index contributed by atoms with van der Waals surface area (Å²) in [5, 5.41) is 4.33. The highest BCUT2D eigenvalue weighted by molar-refractivity contribution is 7.22. The van der Waals surface area contributed by atoms with Crippen molar-refractivity contribution < 1.29 is 4.74 Å². The van der Waals surface area contributed by atoms with Crippen LogP contribution in [-0.4, -0.2) is 21.6 Å². The number of hydrogen-bond donors (Lipinski definition) is 1. The molecule has 2 heterocycles. The second-order valence-corrected chi connectivity index (χ2v) is 6.69. The Morgan fingerprint density at radius 3 is 2.88 bits per heavy atom. The topological polar surface area (TPSA) is 52.0 Å². The highest BCUT2D eigenvalue weighted by Gasteiger charge is 2.12. The Bertz CT molecular complexity index is 1030. The van der Waals surface area contributed by atoms with Gasteiger partial charge in [0, 0.05) is 12.7 Å². The molecule has 0 atom stereocenters. The average Bonchev–Trinajstić information content (AvgIpc) is 3.18. The van der Waals surface area contributed by atoms with Gasteiger partial charge in [-0.25, -0.2) is 9.97 Å². The summed E-state index contributed by atoms with van der Waals surface area (Å²) in [6, 6.07) is 10.3. The van der Waals surface area contributed by atoms with Crippen LogP contribution < -0.4 is 10.1 Å². The van der Waals surface area contributed by atoms with Gasteiger partial charge in [0.15, 0.2) is 5.13 Å². The fraction of sp³-hybridized carbons (Fsp3) is 0.222. The summed E-state index contributed by atoms with van der Waals surface area (Å²) in [7, 11) is 3.69. The number of nitrogens with one attached hydrogen (secondary N) is 1. The van der Waals surface area contributed by atoms with Gasteiger partial charge < -0.3 is 14.6 Å². The van der Waals surface area contributed by atoms with Crippen LogP contribution in [0, 0.1) is 0 Å². The molecule has 0 saturated heterocycles. The normalized spacial score (nSPS) is 11.3. The number of thiazole rings is 1. The maximum absolute atomic E-state index is 5.31. The molecule has 0 aliphatic carbocycles. The predicted octanol–water partition coefficient (Wildman–Crippen LogP) is 4.50. The molecule has 1 N–H and O–H groups in total. The van der Waals surface area contributed by atoms with E-state index in [0.717, 1.165) is 44.2 Å². The highest BCUT2D eigenvalue weighted by atomic mass is 32.1. The third-order valence-electron chi connectivity index (χ3n) is 4.19. The van der Waals surface area contributed by atoms with Crippen LogP contribution >= 0.6 is 11.3 Å². The number of methoxy groups -OCH3 is 1. The van der Waals surface area contributed by atoms with Gasteiger partial charge in [-0.15, -0.1) is 0 Å². The van der Waals surface area contributed by atoms with E-state index in [1.165, 1.54) is 5.56 Å². The minimum Gasteiger partial charge on any atom is -0.497 e. The molecule has 0 aliphatic rings. The van der Waals surface area contributed by atoms with E-state index in [4.69, 9.17) is 9.72 Å². The zero-order valence-corrected chi connectivity index (χ0v) is 14.6. The third kappa shape index (κ3) is 2.39. The lowest BCUT2D eigenvalue weighted by Gasteiger charge is -2.10. The molecule has 0 aliphatic heterocycles. The predicted molar refractivity (Wildman–Crippen MR) is 99.5 cm³/mol. The first-order valence-corrected chi connectivity index (χ1v) is 8.65. The number of benzene rings is 2. The van der Waals surface area contributed by atoms with Gasteiger partial charge in [0.1, 0.15) is 16.8 Å². The molecule has 24 heavy (non-hydrogen) atoms. The number of aryl methyl sites for hydroxylation is 2. The van der Waals surface area contributed by atoms with Crippen molar-refractivity contribution >= 4 is 43.4 Å². The van der Waals surface area contributed by atoms with Crippen LogP contribution in [0.5, 0.6) is 5.75 Å². The van der Waals surface area contributed by atoms with Gasteiger partial charge in [-0.3, -0.25) is 0 Å². The van der Waals surface area contributed by atoms with Crippen molar-refractivity contribution in [2.75, 3.05) is 12.4 Å². The van der Waals surface area contributed by atoms with Crippen molar-refractivity contribution in [1.82, 2.24) is 14.5 Å².